The van der Waals surface area contributed by atoms with Crippen LogP contribution < -0.4 is 10.7 Å². The van der Waals surface area contributed by atoms with Gasteiger partial charge in [-0.05, 0) is 18.6 Å². The van der Waals surface area contributed by atoms with Crippen molar-refractivity contribution in [3.05, 3.63) is 24.0 Å². The predicted octanol–water partition coefficient (Wildman–Crippen LogP) is 1.31. The lowest BCUT2D eigenvalue weighted by molar-refractivity contribution is 0.241. The second kappa shape index (κ2) is 4.83. The second-order valence-electron chi connectivity index (χ2n) is 3.76. The van der Waals surface area contributed by atoms with Gasteiger partial charge < -0.3 is 9.88 Å². The highest BCUT2D eigenvalue weighted by Crippen LogP contribution is 2.15. The van der Waals surface area contributed by atoms with E-state index in [9.17, 15) is 4.79 Å². The average Bonchev–Trinajstić information content (AvgIpc) is 2.86. The Bertz CT molecular complexity index is 408. The van der Waals surface area contributed by atoms with E-state index in [0.717, 1.165) is 30.8 Å². The standard InChI is InChI=1S/C11H16N4O/c1-2-6-12-11(16)14-13-9-5-8-15-7-3-4-10(9)15/h3-4,7H,2,5-6,8H2,1H3,(H2,12,14,16)/b13-9-. The molecule has 0 unspecified atom stereocenters. The lowest BCUT2D eigenvalue weighted by atomic mass is 10.2. The van der Waals surface area contributed by atoms with Crippen LogP contribution in [0.3, 0.4) is 0 Å². The molecule has 0 fully saturated rings. The molecule has 2 rings (SSSR count). The van der Waals surface area contributed by atoms with Crippen LogP contribution in [0, 0.1) is 0 Å². The average molecular weight is 220 g/mol. The lowest BCUT2D eigenvalue weighted by Gasteiger charge is -2.02. The largest absolute Gasteiger partial charge is 0.346 e. The van der Waals surface area contributed by atoms with Crippen LogP contribution in [0.1, 0.15) is 25.5 Å². The van der Waals surface area contributed by atoms with Crippen LogP contribution in [0.5, 0.6) is 0 Å². The van der Waals surface area contributed by atoms with Gasteiger partial charge in [0.2, 0.25) is 0 Å². The number of hydrogen-bond donors (Lipinski definition) is 2. The minimum atomic E-state index is -0.237. The summed E-state index contributed by atoms with van der Waals surface area (Å²) >= 11 is 0. The molecule has 0 atom stereocenters. The molecule has 0 spiro atoms. The number of nitrogens with zero attached hydrogens (tertiary/aromatic N) is 2. The summed E-state index contributed by atoms with van der Waals surface area (Å²) in [5.74, 6) is 0. The number of aryl methyl sites for hydroxylation is 1. The molecular formula is C11H16N4O. The van der Waals surface area contributed by atoms with Gasteiger partial charge in [0.15, 0.2) is 0 Å². The van der Waals surface area contributed by atoms with Gasteiger partial charge >= 0.3 is 6.03 Å². The summed E-state index contributed by atoms with van der Waals surface area (Å²) in [6.07, 6.45) is 3.83. The highest BCUT2D eigenvalue weighted by atomic mass is 16.2. The minimum absolute atomic E-state index is 0.237. The molecule has 0 radical (unpaired) electrons. The SMILES string of the molecule is CCCNC(=O)N/N=C1/CCn2cccc21. The number of aromatic nitrogens is 1. The fourth-order valence-electron chi connectivity index (χ4n) is 1.73. The summed E-state index contributed by atoms with van der Waals surface area (Å²) in [6.45, 7) is 3.63. The topological polar surface area (TPSA) is 58.4 Å². The van der Waals surface area contributed by atoms with Crippen molar-refractivity contribution in [1.82, 2.24) is 15.3 Å². The van der Waals surface area contributed by atoms with Gasteiger partial charge in [-0.25, -0.2) is 10.2 Å². The summed E-state index contributed by atoms with van der Waals surface area (Å²) in [4.78, 5) is 11.3. The van der Waals surface area contributed by atoms with Gasteiger partial charge in [-0.3, -0.25) is 0 Å². The molecule has 0 saturated carbocycles. The second-order valence-corrected chi connectivity index (χ2v) is 3.76. The van der Waals surface area contributed by atoms with Crippen LogP contribution >= 0.6 is 0 Å². The zero-order chi connectivity index (χ0) is 11.4. The molecule has 2 amide bonds. The van der Waals surface area contributed by atoms with E-state index in [-0.39, 0.29) is 6.03 Å². The Labute approximate surface area is 94.5 Å². The van der Waals surface area contributed by atoms with E-state index in [1.165, 1.54) is 0 Å². The number of amides is 2. The van der Waals surface area contributed by atoms with Crippen molar-refractivity contribution in [3.63, 3.8) is 0 Å². The smallest absolute Gasteiger partial charge is 0.335 e. The summed E-state index contributed by atoms with van der Waals surface area (Å²) in [5, 5.41) is 6.83. The summed E-state index contributed by atoms with van der Waals surface area (Å²) in [7, 11) is 0. The summed E-state index contributed by atoms with van der Waals surface area (Å²) in [5.41, 5.74) is 4.55. The number of rotatable bonds is 3. The van der Waals surface area contributed by atoms with Crippen LogP contribution in [0.15, 0.2) is 23.4 Å². The van der Waals surface area contributed by atoms with Gasteiger partial charge in [-0.1, -0.05) is 6.92 Å². The zero-order valence-electron chi connectivity index (χ0n) is 9.36. The van der Waals surface area contributed by atoms with E-state index < -0.39 is 0 Å². The molecule has 16 heavy (non-hydrogen) atoms. The van der Waals surface area contributed by atoms with Gasteiger partial charge in [0.25, 0.3) is 0 Å². The Hall–Kier alpha value is -1.78. The van der Waals surface area contributed by atoms with Crippen LogP contribution in [0.4, 0.5) is 4.79 Å². The summed E-state index contributed by atoms with van der Waals surface area (Å²) in [6, 6.07) is 3.76. The van der Waals surface area contributed by atoms with Crippen molar-refractivity contribution < 1.29 is 4.79 Å². The van der Waals surface area contributed by atoms with Gasteiger partial charge in [-0.15, -0.1) is 0 Å². The number of hydrazone groups is 1. The molecule has 0 bridgehead atoms. The van der Waals surface area contributed by atoms with Crippen molar-refractivity contribution in [1.29, 1.82) is 0 Å². The molecule has 1 aliphatic rings. The van der Waals surface area contributed by atoms with Gasteiger partial charge in [0.1, 0.15) is 0 Å². The number of hydrogen-bond acceptors (Lipinski definition) is 2. The maximum absolute atomic E-state index is 11.3. The Kier molecular flexibility index (Phi) is 3.24. The van der Waals surface area contributed by atoms with Crippen LogP contribution in [0.2, 0.25) is 0 Å². The fraction of sp³-hybridized carbons (Fsp3) is 0.455. The van der Waals surface area contributed by atoms with E-state index in [1.807, 2.05) is 25.3 Å². The maximum atomic E-state index is 11.3. The van der Waals surface area contributed by atoms with Crippen molar-refractivity contribution in [2.75, 3.05) is 6.54 Å². The van der Waals surface area contributed by atoms with Crippen LogP contribution in [-0.2, 0) is 6.54 Å². The summed E-state index contributed by atoms with van der Waals surface area (Å²) < 4.78 is 2.13. The highest BCUT2D eigenvalue weighted by molar-refractivity contribution is 6.01. The van der Waals surface area contributed by atoms with Crippen molar-refractivity contribution in [3.8, 4) is 0 Å². The zero-order valence-corrected chi connectivity index (χ0v) is 9.36. The van der Waals surface area contributed by atoms with E-state index in [2.05, 4.69) is 20.4 Å². The Morgan fingerprint density at radius 3 is 3.31 bits per heavy atom. The first-order chi connectivity index (χ1) is 7.81. The van der Waals surface area contributed by atoms with E-state index in [1.54, 1.807) is 0 Å². The van der Waals surface area contributed by atoms with Gasteiger partial charge in [0.05, 0.1) is 11.4 Å². The number of fused-ring (bicyclic) bond motifs is 1. The third-order valence-electron chi connectivity index (χ3n) is 2.54. The predicted molar refractivity (Wildman–Crippen MR) is 62.4 cm³/mol. The Morgan fingerprint density at radius 1 is 1.62 bits per heavy atom. The third-order valence-corrected chi connectivity index (χ3v) is 2.54. The van der Waals surface area contributed by atoms with Crippen molar-refractivity contribution in [2.45, 2.75) is 26.3 Å². The molecule has 0 aliphatic carbocycles. The van der Waals surface area contributed by atoms with Crippen molar-refractivity contribution >= 4 is 11.7 Å². The van der Waals surface area contributed by atoms with Gasteiger partial charge in [0, 0.05) is 25.7 Å². The number of carbonyl (C=O) groups is 1. The first kappa shape index (κ1) is 10.7. The molecule has 1 aromatic heterocycles. The Balaban J connectivity index is 1.92. The van der Waals surface area contributed by atoms with E-state index >= 15 is 0 Å². The number of urea groups is 1. The maximum Gasteiger partial charge on any atom is 0.335 e. The minimum Gasteiger partial charge on any atom is -0.346 e. The van der Waals surface area contributed by atoms with Crippen LogP contribution in [0.25, 0.3) is 0 Å². The number of nitrogens with one attached hydrogen (secondary N) is 2. The molecule has 2 heterocycles. The fourth-order valence-corrected chi connectivity index (χ4v) is 1.73. The van der Waals surface area contributed by atoms with E-state index in [0.29, 0.717) is 6.54 Å². The molecular weight excluding hydrogens is 204 g/mol. The van der Waals surface area contributed by atoms with E-state index in [4.69, 9.17) is 0 Å². The lowest BCUT2D eigenvalue weighted by Crippen LogP contribution is -2.33. The molecule has 86 valence electrons. The highest BCUT2D eigenvalue weighted by Gasteiger charge is 2.16. The monoisotopic (exact) mass is 220 g/mol. The quantitative estimate of drug-likeness (QED) is 0.741. The molecule has 2 N–H and O–H groups in total. The first-order valence-corrected chi connectivity index (χ1v) is 5.57. The third kappa shape index (κ3) is 2.24. The first-order valence-electron chi connectivity index (χ1n) is 5.57. The molecule has 0 aromatic carbocycles. The molecule has 5 heteroatoms. The molecule has 1 aromatic rings. The molecule has 5 nitrogen and oxygen atoms in total. The molecule has 0 saturated heterocycles. The number of carbonyl (C=O) groups excluding carboxylic acids is 1. The normalized spacial score (nSPS) is 16.2. The van der Waals surface area contributed by atoms with Crippen molar-refractivity contribution in [2.24, 2.45) is 5.10 Å². The Morgan fingerprint density at radius 2 is 2.50 bits per heavy atom. The molecule has 1 aliphatic heterocycles. The van der Waals surface area contributed by atoms with Crippen LogP contribution in [-0.4, -0.2) is 22.9 Å². The van der Waals surface area contributed by atoms with Gasteiger partial charge in [-0.2, -0.15) is 5.10 Å².